The number of nitro benzene ring substituents is 1. The van der Waals surface area contributed by atoms with Crippen LogP contribution in [0, 0.1) is 10.1 Å². The topological polar surface area (TPSA) is 113 Å². The molecule has 3 aromatic rings. The minimum absolute atomic E-state index is 0.0102. The third-order valence-corrected chi connectivity index (χ3v) is 4.11. The quantitative estimate of drug-likeness (QED) is 0.345. The first kappa shape index (κ1) is 18.5. The number of carbonyl (C=O) groups excluding carboxylic acids is 1. The highest BCUT2D eigenvalue weighted by Crippen LogP contribution is 2.27. The van der Waals surface area contributed by atoms with Crippen LogP contribution in [0.4, 0.5) is 5.69 Å². The van der Waals surface area contributed by atoms with Crippen LogP contribution >= 0.6 is 15.9 Å². The molecule has 9 nitrogen and oxygen atoms in total. The number of aromatic nitrogens is 2. The van der Waals surface area contributed by atoms with Gasteiger partial charge < -0.3 is 9.47 Å². The second-order valence-corrected chi connectivity index (χ2v) is 6.30. The number of carbonyl (C=O) groups is 1. The lowest BCUT2D eigenvalue weighted by Gasteiger charge is -2.07. The van der Waals surface area contributed by atoms with Gasteiger partial charge in [0.05, 0.1) is 23.3 Å². The maximum Gasteiger partial charge on any atom is 0.338 e. The van der Waals surface area contributed by atoms with E-state index in [9.17, 15) is 19.7 Å². The number of rotatable bonds is 5. The summed E-state index contributed by atoms with van der Waals surface area (Å²) in [5, 5.41) is 11.0. The molecular weight excluding hydrogens is 422 g/mol. The number of ether oxygens (including phenoxy) is 2. The van der Waals surface area contributed by atoms with Crippen molar-refractivity contribution >= 4 is 33.2 Å². The summed E-state index contributed by atoms with van der Waals surface area (Å²) in [5.41, 5.74) is -0.0218. The van der Waals surface area contributed by atoms with Crippen molar-refractivity contribution in [2.45, 2.75) is 6.61 Å². The van der Waals surface area contributed by atoms with E-state index in [1.807, 2.05) is 0 Å². The normalized spacial score (nSPS) is 10.6. The lowest BCUT2D eigenvalue weighted by Crippen LogP contribution is -2.16. The molecule has 0 atom stereocenters. The van der Waals surface area contributed by atoms with Crippen molar-refractivity contribution in [3.05, 3.63) is 78.8 Å². The fraction of sp³-hybridized carbons (Fsp3) is 0.118. The van der Waals surface area contributed by atoms with Gasteiger partial charge in [0.2, 0.25) is 0 Å². The Morgan fingerprint density at radius 3 is 2.78 bits per heavy atom. The average molecular weight is 434 g/mol. The predicted octanol–water partition coefficient (Wildman–Crippen LogP) is 2.73. The van der Waals surface area contributed by atoms with Gasteiger partial charge in [-0.3, -0.25) is 19.3 Å². The van der Waals surface area contributed by atoms with Gasteiger partial charge in [-0.1, -0.05) is 0 Å². The molecule has 0 N–H and O–H groups in total. The summed E-state index contributed by atoms with van der Waals surface area (Å²) in [6, 6.07) is 8.36. The van der Waals surface area contributed by atoms with Crippen molar-refractivity contribution in [2.75, 3.05) is 7.11 Å². The van der Waals surface area contributed by atoms with Gasteiger partial charge in [-0.15, -0.1) is 0 Å². The van der Waals surface area contributed by atoms with Crippen LogP contribution in [-0.4, -0.2) is 27.4 Å². The molecule has 0 saturated heterocycles. The number of halogens is 1. The molecule has 0 aliphatic heterocycles. The standard InChI is InChI=1S/C17H12BrN3O6/c1-26-14-4-2-10(6-13(14)21(24)25)17(23)27-9-12-7-16(22)20-8-11(18)3-5-15(20)19-12/h2-8H,9H2,1H3. The minimum Gasteiger partial charge on any atom is -0.490 e. The zero-order valence-electron chi connectivity index (χ0n) is 13.9. The van der Waals surface area contributed by atoms with Gasteiger partial charge in [0.1, 0.15) is 12.3 Å². The highest BCUT2D eigenvalue weighted by atomic mass is 79.9. The average Bonchev–Trinajstić information content (AvgIpc) is 2.66. The van der Waals surface area contributed by atoms with Crippen LogP contribution in [0.2, 0.25) is 0 Å². The molecule has 3 rings (SSSR count). The number of nitrogens with zero attached hydrogens (tertiary/aromatic N) is 3. The largest absolute Gasteiger partial charge is 0.490 e. The second kappa shape index (κ2) is 7.54. The number of methoxy groups -OCH3 is 1. The maximum atomic E-state index is 12.2. The van der Waals surface area contributed by atoms with Crippen LogP contribution in [0.3, 0.4) is 0 Å². The van der Waals surface area contributed by atoms with Gasteiger partial charge in [0, 0.05) is 22.8 Å². The molecule has 2 heterocycles. The third kappa shape index (κ3) is 3.95. The van der Waals surface area contributed by atoms with E-state index in [0.29, 0.717) is 5.65 Å². The third-order valence-electron chi connectivity index (χ3n) is 3.64. The smallest absolute Gasteiger partial charge is 0.338 e. The molecule has 2 aromatic heterocycles. The molecule has 0 saturated carbocycles. The Balaban J connectivity index is 1.81. The fourth-order valence-electron chi connectivity index (χ4n) is 2.38. The van der Waals surface area contributed by atoms with Gasteiger partial charge in [-0.25, -0.2) is 9.78 Å². The van der Waals surface area contributed by atoms with Gasteiger partial charge in [0.15, 0.2) is 5.75 Å². The molecular formula is C17H12BrN3O6. The number of pyridine rings is 1. The van der Waals surface area contributed by atoms with Crippen LogP contribution in [0.1, 0.15) is 16.1 Å². The van der Waals surface area contributed by atoms with Crippen LogP contribution in [0.15, 0.2) is 51.9 Å². The van der Waals surface area contributed by atoms with E-state index in [1.54, 1.807) is 18.3 Å². The number of hydrogen-bond acceptors (Lipinski definition) is 7. The van der Waals surface area contributed by atoms with E-state index in [2.05, 4.69) is 20.9 Å². The van der Waals surface area contributed by atoms with Crippen LogP contribution in [0.5, 0.6) is 5.75 Å². The van der Waals surface area contributed by atoms with Crippen LogP contribution in [0.25, 0.3) is 5.65 Å². The number of benzene rings is 1. The Kier molecular flexibility index (Phi) is 5.17. The van der Waals surface area contributed by atoms with Crippen LogP contribution < -0.4 is 10.3 Å². The SMILES string of the molecule is COc1ccc(C(=O)OCc2cc(=O)n3cc(Br)ccc3n2)cc1[N+](=O)[O-]. The fourth-order valence-corrected chi connectivity index (χ4v) is 2.72. The summed E-state index contributed by atoms with van der Waals surface area (Å²) in [4.78, 5) is 39.0. The summed E-state index contributed by atoms with van der Waals surface area (Å²) >= 11 is 3.27. The Morgan fingerprint density at radius 1 is 1.30 bits per heavy atom. The summed E-state index contributed by atoms with van der Waals surface area (Å²) in [7, 11) is 1.29. The molecule has 0 bridgehead atoms. The highest BCUT2D eigenvalue weighted by Gasteiger charge is 2.19. The van der Waals surface area contributed by atoms with E-state index < -0.39 is 10.9 Å². The predicted molar refractivity (Wildman–Crippen MR) is 97.9 cm³/mol. The summed E-state index contributed by atoms with van der Waals surface area (Å²) in [6.07, 6.45) is 1.58. The Hall–Kier alpha value is -3.27. The van der Waals surface area contributed by atoms with E-state index in [1.165, 1.54) is 29.7 Å². The zero-order chi connectivity index (χ0) is 19.6. The first-order valence-electron chi connectivity index (χ1n) is 7.56. The second-order valence-electron chi connectivity index (χ2n) is 5.38. The summed E-state index contributed by atoms with van der Waals surface area (Å²) < 4.78 is 12.1. The van der Waals surface area contributed by atoms with E-state index in [4.69, 9.17) is 9.47 Å². The lowest BCUT2D eigenvalue weighted by atomic mass is 10.2. The summed E-state index contributed by atoms with van der Waals surface area (Å²) in [6.45, 7) is -0.250. The summed E-state index contributed by atoms with van der Waals surface area (Å²) in [5.74, 6) is -0.745. The van der Waals surface area contributed by atoms with Crippen molar-refractivity contribution in [2.24, 2.45) is 0 Å². The van der Waals surface area contributed by atoms with E-state index >= 15 is 0 Å². The van der Waals surface area contributed by atoms with Gasteiger partial charge in [0.25, 0.3) is 5.56 Å². The van der Waals surface area contributed by atoms with Gasteiger partial charge >= 0.3 is 11.7 Å². The molecule has 0 amide bonds. The molecule has 0 aliphatic rings. The maximum absolute atomic E-state index is 12.2. The van der Waals surface area contributed by atoms with E-state index in [-0.39, 0.29) is 34.9 Å². The number of fused-ring (bicyclic) bond motifs is 1. The Bertz CT molecular complexity index is 1110. The Labute approximate surface area is 160 Å². The van der Waals surface area contributed by atoms with Crippen molar-refractivity contribution in [3.8, 4) is 5.75 Å². The first-order valence-corrected chi connectivity index (χ1v) is 8.36. The molecule has 0 radical (unpaired) electrons. The van der Waals surface area contributed by atoms with Crippen molar-refractivity contribution in [1.29, 1.82) is 0 Å². The minimum atomic E-state index is -0.779. The van der Waals surface area contributed by atoms with Crippen molar-refractivity contribution in [3.63, 3.8) is 0 Å². The highest BCUT2D eigenvalue weighted by molar-refractivity contribution is 9.10. The molecule has 0 unspecified atom stereocenters. The van der Waals surface area contributed by atoms with Gasteiger partial charge in [-0.2, -0.15) is 0 Å². The monoisotopic (exact) mass is 433 g/mol. The number of esters is 1. The van der Waals surface area contributed by atoms with Gasteiger partial charge in [-0.05, 0) is 40.2 Å². The zero-order valence-corrected chi connectivity index (χ0v) is 15.5. The lowest BCUT2D eigenvalue weighted by molar-refractivity contribution is -0.385. The molecule has 138 valence electrons. The first-order chi connectivity index (χ1) is 12.9. The van der Waals surface area contributed by atoms with Crippen molar-refractivity contribution < 1.29 is 19.2 Å². The molecule has 10 heteroatoms. The Morgan fingerprint density at radius 2 is 2.07 bits per heavy atom. The number of hydrogen-bond donors (Lipinski definition) is 0. The number of nitro groups is 1. The van der Waals surface area contributed by atoms with E-state index in [0.717, 1.165) is 10.5 Å². The van der Waals surface area contributed by atoms with Crippen molar-refractivity contribution in [1.82, 2.24) is 9.38 Å². The molecule has 1 aromatic carbocycles. The molecule has 0 fully saturated rings. The van der Waals surface area contributed by atoms with Crippen LogP contribution in [-0.2, 0) is 11.3 Å². The molecule has 0 aliphatic carbocycles. The molecule has 27 heavy (non-hydrogen) atoms. The molecule has 0 spiro atoms.